The maximum Gasteiger partial charge on any atom is 0.324 e. The Morgan fingerprint density at radius 3 is 2.72 bits per heavy atom. The number of rotatable bonds is 2. The van der Waals surface area contributed by atoms with Gasteiger partial charge in [-0.1, -0.05) is 23.7 Å². The van der Waals surface area contributed by atoms with E-state index in [-0.39, 0.29) is 6.03 Å². The molecular formula is C13H12ClN3O. The predicted octanol–water partition coefficient (Wildman–Crippen LogP) is 3.69. The Labute approximate surface area is 110 Å². The van der Waals surface area contributed by atoms with Gasteiger partial charge >= 0.3 is 6.03 Å². The number of halogens is 1. The minimum Gasteiger partial charge on any atom is -0.307 e. The van der Waals surface area contributed by atoms with Crippen LogP contribution in [0.15, 0.2) is 42.6 Å². The lowest BCUT2D eigenvalue weighted by atomic mass is 10.2. The molecule has 0 fully saturated rings. The highest BCUT2D eigenvalue weighted by molar-refractivity contribution is 6.31. The van der Waals surface area contributed by atoms with Crippen LogP contribution in [0.25, 0.3) is 0 Å². The van der Waals surface area contributed by atoms with Crippen molar-refractivity contribution in [3.63, 3.8) is 0 Å². The number of carbonyl (C=O) groups is 1. The fourth-order valence-electron chi connectivity index (χ4n) is 1.45. The van der Waals surface area contributed by atoms with E-state index >= 15 is 0 Å². The van der Waals surface area contributed by atoms with Gasteiger partial charge in [-0.25, -0.2) is 9.78 Å². The summed E-state index contributed by atoms with van der Waals surface area (Å²) >= 11 is 5.97. The van der Waals surface area contributed by atoms with Crippen LogP contribution in [0.5, 0.6) is 0 Å². The minimum atomic E-state index is -0.348. The molecule has 2 N–H and O–H groups in total. The lowest BCUT2D eigenvalue weighted by Gasteiger charge is -2.10. The van der Waals surface area contributed by atoms with Crippen molar-refractivity contribution in [1.82, 2.24) is 4.98 Å². The summed E-state index contributed by atoms with van der Waals surface area (Å²) in [5.74, 6) is 0.495. The van der Waals surface area contributed by atoms with E-state index in [2.05, 4.69) is 15.6 Å². The number of pyridine rings is 1. The first-order valence-electron chi connectivity index (χ1n) is 5.41. The summed E-state index contributed by atoms with van der Waals surface area (Å²) in [6.07, 6.45) is 1.61. The largest absolute Gasteiger partial charge is 0.324 e. The average Bonchev–Trinajstić information content (AvgIpc) is 2.36. The number of urea groups is 1. The van der Waals surface area contributed by atoms with E-state index in [9.17, 15) is 4.79 Å². The Morgan fingerprint density at radius 2 is 2.00 bits per heavy atom. The molecule has 0 atom stereocenters. The number of hydrogen-bond acceptors (Lipinski definition) is 2. The fourth-order valence-corrected chi connectivity index (χ4v) is 1.62. The maximum absolute atomic E-state index is 11.7. The van der Waals surface area contributed by atoms with E-state index in [1.54, 1.807) is 42.6 Å². The molecule has 0 bridgehead atoms. The fraction of sp³-hybridized carbons (Fsp3) is 0.0769. The third-order valence-electron chi connectivity index (χ3n) is 2.42. The number of carbonyl (C=O) groups excluding carboxylic acids is 1. The van der Waals surface area contributed by atoms with Gasteiger partial charge in [0.15, 0.2) is 0 Å². The molecule has 18 heavy (non-hydrogen) atoms. The zero-order chi connectivity index (χ0) is 13.0. The topological polar surface area (TPSA) is 54.0 Å². The summed E-state index contributed by atoms with van der Waals surface area (Å²) in [7, 11) is 0. The molecule has 2 rings (SSSR count). The molecule has 0 radical (unpaired) electrons. The van der Waals surface area contributed by atoms with Gasteiger partial charge in [0.2, 0.25) is 0 Å². The lowest BCUT2D eigenvalue weighted by molar-refractivity contribution is 0.262. The molecule has 4 nitrogen and oxygen atoms in total. The van der Waals surface area contributed by atoms with Crippen molar-refractivity contribution in [2.24, 2.45) is 0 Å². The minimum absolute atomic E-state index is 0.348. The van der Waals surface area contributed by atoms with Crippen LogP contribution >= 0.6 is 11.6 Å². The number of aromatic nitrogens is 1. The second-order valence-corrected chi connectivity index (χ2v) is 4.11. The van der Waals surface area contributed by atoms with Gasteiger partial charge in [-0.2, -0.15) is 0 Å². The van der Waals surface area contributed by atoms with Crippen LogP contribution in [0, 0.1) is 6.92 Å². The first-order valence-corrected chi connectivity index (χ1v) is 5.79. The molecular weight excluding hydrogens is 250 g/mol. The molecule has 0 saturated carbocycles. The van der Waals surface area contributed by atoms with Crippen molar-refractivity contribution >= 4 is 29.1 Å². The summed E-state index contributed by atoms with van der Waals surface area (Å²) in [5.41, 5.74) is 1.51. The van der Waals surface area contributed by atoms with Crippen LogP contribution in [0.3, 0.4) is 0 Å². The number of hydrogen-bond donors (Lipinski definition) is 2. The van der Waals surface area contributed by atoms with Gasteiger partial charge in [-0.15, -0.1) is 0 Å². The van der Waals surface area contributed by atoms with Crippen LogP contribution in [0.4, 0.5) is 16.3 Å². The van der Waals surface area contributed by atoms with Crippen LogP contribution < -0.4 is 10.6 Å². The smallest absolute Gasteiger partial charge is 0.307 e. The Hall–Kier alpha value is -2.07. The van der Waals surface area contributed by atoms with Gasteiger partial charge in [-0.3, -0.25) is 5.32 Å². The summed E-state index contributed by atoms with van der Waals surface area (Å²) in [6.45, 7) is 1.85. The van der Waals surface area contributed by atoms with Gasteiger partial charge in [-0.05, 0) is 36.8 Å². The van der Waals surface area contributed by atoms with Crippen molar-refractivity contribution in [3.8, 4) is 0 Å². The monoisotopic (exact) mass is 261 g/mol. The van der Waals surface area contributed by atoms with E-state index in [1.165, 1.54) is 0 Å². The van der Waals surface area contributed by atoms with E-state index in [4.69, 9.17) is 11.6 Å². The van der Waals surface area contributed by atoms with Gasteiger partial charge < -0.3 is 5.32 Å². The van der Waals surface area contributed by atoms with Gasteiger partial charge in [0.05, 0.1) is 0 Å². The van der Waals surface area contributed by atoms with Crippen LogP contribution in [-0.4, -0.2) is 11.0 Å². The Kier molecular flexibility index (Phi) is 3.79. The third-order valence-corrected chi connectivity index (χ3v) is 2.83. The molecule has 0 aliphatic heterocycles. The molecule has 1 heterocycles. The van der Waals surface area contributed by atoms with Crippen molar-refractivity contribution in [2.75, 3.05) is 10.6 Å². The predicted molar refractivity (Wildman–Crippen MR) is 73.1 cm³/mol. The summed E-state index contributed by atoms with van der Waals surface area (Å²) in [5, 5.41) is 5.97. The molecule has 2 amide bonds. The number of amides is 2. The molecule has 1 aromatic heterocycles. The second kappa shape index (κ2) is 5.51. The van der Waals surface area contributed by atoms with Crippen molar-refractivity contribution in [1.29, 1.82) is 0 Å². The van der Waals surface area contributed by atoms with E-state index in [0.29, 0.717) is 16.5 Å². The van der Waals surface area contributed by atoms with Crippen LogP contribution in [0.2, 0.25) is 5.02 Å². The highest BCUT2D eigenvalue weighted by Gasteiger charge is 2.06. The molecule has 0 aliphatic rings. The molecule has 1 aromatic carbocycles. The van der Waals surface area contributed by atoms with Gasteiger partial charge in [0.1, 0.15) is 5.82 Å². The number of anilines is 2. The van der Waals surface area contributed by atoms with E-state index in [1.807, 2.05) is 6.92 Å². The van der Waals surface area contributed by atoms with Gasteiger partial charge in [0, 0.05) is 16.9 Å². The molecule has 0 spiro atoms. The number of nitrogens with one attached hydrogen (secondary N) is 2. The maximum atomic E-state index is 11.7. The normalized spacial score (nSPS) is 9.89. The Bertz CT molecular complexity index is 557. The highest BCUT2D eigenvalue weighted by atomic mass is 35.5. The van der Waals surface area contributed by atoms with Crippen LogP contribution in [-0.2, 0) is 0 Å². The summed E-state index contributed by atoms with van der Waals surface area (Å²) < 4.78 is 0. The standard InChI is InChI=1S/C13H12ClN3O/c1-9-10(14)5-4-6-11(9)16-13(18)17-12-7-2-3-8-15-12/h2-8H,1H3,(H2,15,16,17,18). The molecule has 0 unspecified atom stereocenters. The molecule has 2 aromatic rings. The first-order chi connectivity index (χ1) is 8.66. The summed E-state index contributed by atoms with van der Waals surface area (Å²) in [4.78, 5) is 15.7. The third kappa shape index (κ3) is 2.99. The number of nitrogens with zero attached hydrogens (tertiary/aromatic N) is 1. The first kappa shape index (κ1) is 12.4. The van der Waals surface area contributed by atoms with Crippen molar-refractivity contribution in [3.05, 3.63) is 53.2 Å². The summed E-state index contributed by atoms with van der Waals surface area (Å²) in [6, 6.07) is 10.3. The lowest BCUT2D eigenvalue weighted by Crippen LogP contribution is -2.20. The zero-order valence-electron chi connectivity index (χ0n) is 9.77. The van der Waals surface area contributed by atoms with Crippen LogP contribution in [0.1, 0.15) is 5.56 Å². The van der Waals surface area contributed by atoms with E-state index < -0.39 is 0 Å². The molecule has 92 valence electrons. The molecule has 0 aliphatic carbocycles. The molecule has 0 saturated heterocycles. The highest BCUT2D eigenvalue weighted by Crippen LogP contribution is 2.22. The Morgan fingerprint density at radius 1 is 1.17 bits per heavy atom. The van der Waals surface area contributed by atoms with E-state index in [0.717, 1.165) is 5.56 Å². The van der Waals surface area contributed by atoms with Gasteiger partial charge in [0.25, 0.3) is 0 Å². The molecule has 5 heteroatoms. The number of benzene rings is 1. The Balaban J connectivity index is 2.06. The van der Waals surface area contributed by atoms with Crippen molar-refractivity contribution < 1.29 is 4.79 Å². The van der Waals surface area contributed by atoms with Crippen molar-refractivity contribution in [2.45, 2.75) is 6.92 Å². The zero-order valence-corrected chi connectivity index (χ0v) is 10.5. The quantitative estimate of drug-likeness (QED) is 0.866. The SMILES string of the molecule is Cc1c(Cl)cccc1NC(=O)Nc1ccccn1. The average molecular weight is 262 g/mol. The second-order valence-electron chi connectivity index (χ2n) is 3.71.